The lowest BCUT2D eigenvalue weighted by molar-refractivity contribution is 0.252. The zero-order chi connectivity index (χ0) is 10.1. The molecular weight excluding hydrogens is 180 g/mol. The van der Waals surface area contributed by atoms with Gasteiger partial charge in [0.2, 0.25) is 0 Å². The number of nitrogens with one attached hydrogen (secondary N) is 1. The Morgan fingerprint density at radius 1 is 1.57 bits per heavy atom. The smallest absolute Gasteiger partial charge is 0.322 e. The zero-order valence-corrected chi connectivity index (χ0v) is 7.90. The Labute approximate surface area is 82.2 Å². The van der Waals surface area contributed by atoms with E-state index in [2.05, 4.69) is 5.32 Å². The van der Waals surface area contributed by atoms with Crippen LogP contribution in [0.5, 0.6) is 5.75 Å². The number of phenolic OH excluding ortho intramolecular Hbond substituents is 1. The lowest BCUT2D eigenvalue weighted by Crippen LogP contribution is -2.32. The van der Waals surface area contributed by atoms with Crippen LogP contribution in [0.15, 0.2) is 24.3 Å². The van der Waals surface area contributed by atoms with Gasteiger partial charge in [0.05, 0.1) is 6.04 Å². The molecule has 0 aliphatic carbocycles. The average molecular weight is 192 g/mol. The second-order valence-corrected chi connectivity index (χ2v) is 3.42. The number of urea groups is 1. The van der Waals surface area contributed by atoms with E-state index in [4.69, 9.17) is 0 Å². The molecule has 0 radical (unpaired) electrons. The van der Waals surface area contributed by atoms with Gasteiger partial charge >= 0.3 is 6.03 Å². The molecule has 4 heteroatoms. The van der Waals surface area contributed by atoms with Crippen LogP contribution in [-0.2, 0) is 0 Å². The summed E-state index contributed by atoms with van der Waals surface area (Å²) in [6.07, 6.45) is 0. The van der Waals surface area contributed by atoms with Crippen LogP contribution in [0.25, 0.3) is 0 Å². The third-order valence-corrected chi connectivity index (χ3v) is 2.32. The lowest BCUT2D eigenvalue weighted by Gasteiger charge is -2.19. The molecule has 1 aromatic carbocycles. The summed E-state index contributed by atoms with van der Waals surface area (Å²) in [6.45, 7) is 2.61. The van der Waals surface area contributed by atoms with E-state index in [1.54, 1.807) is 29.2 Å². The van der Waals surface area contributed by atoms with Gasteiger partial charge in [-0.1, -0.05) is 6.07 Å². The molecule has 0 saturated carbocycles. The van der Waals surface area contributed by atoms with Crippen LogP contribution in [0.1, 0.15) is 6.92 Å². The first-order chi connectivity index (χ1) is 6.68. The van der Waals surface area contributed by atoms with E-state index >= 15 is 0 Å². The fourth-order valence-electron chi connectivity index (χ4n) is 1.63. The van der Waals surface area contributed by atoms with Crippen LogP contribution >= 0.6 is 0 Å². The molecule has 4 nitrogen and oxygen atoms in total. The van der Waals surface area contributed by atoms with Gasteiger partial charge in [-0.25, -0.2) is 4.79 Å². The van der Waals surface area contributed by atoms with Crippen LogP contribution < -0.4 is 10.2 Å². The monoisotopic (exact) mass is 192 g/mol. The highest BCUT2D eigenvalue weighted by Crippen LogP contribution is 2.23. The quantitative estimate of drug-likeness (QED) is 0.704. The Bertz CT molecular complexity index is 365. The highest BCUT2D eigenvalue weighted by atomic mass is 16.3. The number of carbonyl (C=O) groups is 1. The van der Waals surface area contributed by atoms with Crippen molar-refractivity contribution >= 4 is 11.7 Å². The van der Waals surface area contributed by atoms with Gasteiger partial charge in [-0.05, 0) is 19.1 Å². The molecule has 1 unspecified atom stereocenters. The molecule has 14 heavy (non-hydrogen) atoms. The van der Waals surface area contributed by atoms with Crippen molar-refractivity contribution in [2.75, 3.05) is 11.4 Å². The summed E-state index contributed by atoms with van der Waals surface area (Å²) in [5.74, 6) is 0.175. The molecule has 1 aliphatic rings. The largest absolute Gasteiger partial charge is 0.508 e. The van der Waals surface area contributed by atoms with Crippen LogP contribution in [0.3, 0.4) is 0 Å². The zero-order valence-electron chi connectivity index (χ0n) is 7.90. The summed E-state index contributed by atoms with van der Waals surface area (Å²) in [5.41, 5.74) is 0.729. The molecule has 0 bridgehead atoms. The average Bonchev–Trinajstić information content (AvgIpc) is 2.46. The van der Waals surface area contributed by atoms with Crippen molar-refractivity contribution in [3.8, 4) is 5.75 Å². The van der Waals surface area contributed by atoms with E-state index in [0.717, 1.165) is 5.69 Å². The first-order valence-electron chi connectivity index (χ1n) is 4.54. The van der Waals surface area contributed by atoms with Gasteiger partial charge in [0.15, 0.2) is 0 Å². The Morgan fingerprint density at radius 3 is 2.93 bits per heavy atom. The normalized spacial score (nSPS) is 21.1. The standard InChI is InChI=1S/C10H12N2O2/c1-7-6-11-10(14)12(7)8-3-2-4-9(13)5-8/h2-5,7,13H,6H2,1H3,(H,11,14). The summed E-state index contributed by atoms with van der Waals surface area (Å²) in [5, 5.41) is 12.0. The third-order valence-electron chi connectivity index (χ3n) is 2.32. The molecule has 2 amide bonds. The first-order valence-corrected chi connectivity index (χ1v) is 4.54. The van der Waals surface area contributed by atoms with Gasteiger partial charge < -0.3 is 10.4 Å². The lowest BCUT2D eigenvalue weighted by atomic mass is 10.2. The van der Waals surface area contributed by atoms with Crippen molar-refractivity contribution in [1.29, 1.82) is 0 Å². The van der Waals surface area contributed by atoms with Crippen molar-refractivity contribution in [2.24, 2.45) is 0 Å². The second kappa shape index (κ2) is 3.21. The van der Waals surface area contributed by atoms with E-state index < -0.39 is 0 Å². The van der Waals surface area contributed by atoms with Gasteiger partial charge in [-0.3, -0.25) is 4.90 Å². The summed E-state index contributed by atoms with van der Waals surface area (Å²) in [4.78, 5) is 13.1. The molecule has 2 rings (SSSR count). The van der Waals surface area contributed by atoms with Gasteiger partial charge in [0.25, 0.3) is 0 Å². The molecule has 2 N–H and O–H groups in total. The SMILES string of the molecule is CC1CNC(=O)N1c1cccc(O)c1. The number of phenols is 1. The molecule has 0 spiro atoms. The molecule has 0 aromatic heterocycles. The number of carbonyl (C=O) groups excluding carboxylic acids is 1. The van der Waals surface area contributed by atoms with E-state index in [1.807, 2.05) is 6.92 Å². The maximum Gasteiger partial charge on any atom is 0.322 e. The summed E-state index contributed by atoms with van der Waals surface area (Å²) >= 11 is 0. The molecule has 1 aliphatic heterocycles. The summed E-state index contributed by atoms with van der Waals surface area (Å²) in [7, 11) is 0. The van der Waals surface area contributed by atoms with Crippen LogP contribution in [0, 0.1) is 0 Å². The van der Waals surface area contributed by atoms with E-state index in [-0.39, 0.29) is 17.8 Å². The molecule has 1 aromatic rings. The Kier molecular flexibility index (Phi) is 2.04. The molecule has 1 fully saturated rings. The minimum atomic E-state index is -0.108. The number of amides is 2. The highest BCUT2D eigenvalue weighted by molar-refractivity contribution is 5.94. The van der Waals surface area contributed by atoms with Crippen LogP contribution in [-0.4, -0.2) is 23.7 Å². The predicted molar refractivity (Wildman–Crippen MR) is 53.4 cm³/mol. The minimum Gasteiger partial charge on any atom is -0.508 e. The van der Waals surface area contributed by atoms with E-state index in [1.165, 1.54) is 0 Å². The van der Waals surface area contributed by atoms with Crippen molar-refractivity contribution in [1.82, 2.24) is 5.32 Å². The predicted octanol–water partition coefficient (Wildman–Crippen LogP) is 1.31. The molecule has 74 valence electrons. The number of anilines is 1. The third kappa shape index (κ3) is 1.39. The molecular formula is C10H12N2O2. The highest BCUT2D eigenvalue weighted by Gasteiger charge is 2.28. The summed E-state index contributed by atoms with van der Waals surface area (Å²) < 4.78 is 0. The Hall–Kier alpha value is -1.71. The van der Waals surface area contributed by atoms with Crippen molar-refractivity contribution in [3.63, 3.8) is 0 Å². The maximum atomic E-state index is 11.4. The molecule has 1 heterocycles. The maximum absolute atomic E-state index is 11.4. The Morgan fingerprint density at radius 2 is 2.36 bits per heavy atom. The number of benzene rings is 1. The van der Waals surface area contributed by atoms with Gasteiger partial charge in [0, 0.05) is 18.3 Å². The van der Waals surface area contributed by atoms with Crippen LogP contribution in [0.4, 0.5) is 10.5 Å². The minimum absolute atomic E-state index is 0.108. The fourth-order valence-corrected chi connectivity index (χ4v) is 1.63. The van der Waals surface area contributed by atoms with Crippen LogP contribution in [0.2, 0.25) is 0 Å². The Balaban J connectivity index is 2.34. The van der Waals surface area contributed by atoms with Crippen molar-refractivity contribution < 1.29 is 9.90 Å². The molecule has 1 atom stereocenters. The number of hydrogen-bond donors (Lipinski definition) is 2. The first kappa shape index (κ1) is 8.87. The fraction of sp³-hybridized carbons (Fsp3) is 0.300. The molecule has 1 saturated heterocycles. The number of hydrogen-bond acceptors (Lipinski definition) is 2. The second-order valence-electron chi connectivity index (χ2n) is 3.42. The number of aromatic hydroxyl groups is 1. The van der Waals surface area contributed by atoms with Gasteiger partial charge in [-0.2, -0.15) is 0 Å². The van der Waals surface area contributed by atoms with Crippen molar-refractivity contribution in [2.45, 2.75) is 13.0 Å². The summed E-state index contributed by atoms with van der Waals surface area (Å²) in [6, 6.07) is 6.72. The number of rotatable bonds is 1. The van der Waals surface area contributed by atoms with Crippen molar-refractivity contribution in [3.05, 3.63) is 24.3 Å². The van der Waals surface area contributed by atoms with Gasteiger partial charge in [-0.15, -0.1) is 0 Å². The topological polar surface area (TPSA) is 52.6 Å². The van der Waals surface area contributed by atoms with Gasteiger partial charge in [0.1, 0.15) is 5.75 Å². The van der Waals surface area contributed by atoms with E-state index in [0.29, 0.717) is 6.54 Å². The number of nitrogens with zero attached hydrogens (tertiary/aromatic N) is 1. The van der Waals surface area contributed by atoms with E-state index in [9.17, 15) is 9.90 Å².